The summed E-state index contributed by atoms with van der Waals surface area (Å²) in [6, 6.07) is 0.846. The zero-order chi connectivity index (χ0) is 11.3. The molecule has 4 nitrogen and oxygen atoms in total. The van der Waals surface area contributed by atoms with E-state index in [1.807, 2.05) is 0 Å². The van der Waals surface area contributed by atoms with Crippen molar-refractivity contribution < 1.29 is 9.90 Å². The summed E-state index contributed by atoms with van der Waals surface area (Å²) < 4.78 is 0. The monoisotopic (exact) mass is 214 g/mol. The van der Waals surface area contributed by atoms with E-state index >= 15 is 0 Å². The second-order valence-electron chi connectivity index (χ2n) is 4.40. The molecule has 0 spiro atoms. The molecule has 15 heavy (non-hydrogen) atoms. The summed E-state index contributed by atoms with van der Waals surface area (Å²) in [6.45, 7) is 4.36. The van der Waals surface area contributed by atoms with Crippen molar-refractivity contribution >= 4 is 5.91 Å². The van der Waals surface area contributed by atoms with Crippen molar-refractivity contribution in [1.82, 2.24) is 10.4 Å². The van der Waals surface area contributed by atoms with E-state index in [2.05, 4.69) is 24.3 Å². The standard InChI is InChI=1S/C11H22N2O2/c1-9-5-3-6-10(2)13(9)12-11(15)7-4-8-14/h9-10,14H,3-8H2,1-2H3,(H,12,15). The third-order valence-corrected chi connectivity index (χ3v) is 3.01. The van der Waals surface area contributed by atoms with Crippen LogP contribution in [0.25, 0.3) is 0 Å². The normalized spacial score (nSPS) is 27.7. The van der Waals surface area contributed by atoms with Gasteiger partial charge in [0.2, 0.25) is 5.91 Å². The number of aliphatic hydroxyl groups is 1. The maximum Gasteiger partial charge on any atom is 0.234 e. The molecule has 0 saturated carbocycles. The highest BCUT2D eigenvalue weighted by Gasteiger charge is 2.25. The molecular formula is C11H22N2O2. The highest BCUT2D eigenvalue weighted by molar-refractivity contribution is 5.75. The molecule has 1 fully saturated rings. The topological polar surface area (TPSA) is 52.6 Å². The van der Waals surface area contributed by atoms with Gasteiger partial charge in [0.25, 0.3) is 0 Å². The molecular weight excluding hydrogens is 192 g/mol. The van der Waals surface area contributed by atoms with E-state index in [0.717, 1.165) is 12.8 Å². The van der Waals surface area contributed by atoms with Gasteiger partial charge in [-0.15, -0.1) is 0 Å². The van der Waals surface area contributed by atoms with Crippen molar-refractivity contribution in [3.8, 4) is 0 Å². The van der Waals surface area contributed by atoms with Crippen molar-refractivity contribution in [1.29, 1.82) is 0 Å². The molecule has 1 amide bonds. The third-order valence-electron chi connectivity index (χ3n) is 3.01. The van der Waals surface area contributed by atoms with Crippen LogP contribution in [0.4, 0.5) is 0 Å². The van der Waals surface area contributed by atoms with Gasteiger partial charge in [-0.3, -0.25) is 10.2 Å². The molecule has 2 atom stereocenters. The average Bonchev–Trinajstić information content (AvgIpc) is 2.21. The molecule has 88 valence electrons. The quantitative estimate of drug-likeness (QED) is 0.735. The number of amides is 1. The van der Waals surface area contributed by atoms with Gasteiger partial charge in [0.05, 0.1) is 0 Å². The Balaban J connectivity index is 2.37. The van der Waals surface area contributed by atoms with Crippen LogP contribution in [-0.2, 0) is 4.79 Å². The van der Waals surface area contributed by atoms with Crippen LogP contribution in [0.15, 0.2) is 0 Å². The Morgan fingerprint density at radius 1 is 1.40 bits per heavy atom. The van der Waals surface area contributed by atoms with Gasteiger partial charge in [0.15, 0.2) is 0 Å². The number of hydrogen-bond acceptors (Lipinski definition) is 3. The summed E-state index contributed by atoms with van der Waals surface area (Å²) in [5, 5.41) is 10.7. The number of hydrogen-bond donors (Lipinski definition) is 2. The van der Waals surface area contributed by atoms with Crippen molar-refractivity contribution in [2.45, 2.75) is 58.0 Å². The smallest absolute Gasteiger partial charge is 0.234 e. The lowest BCUT2D eigenvalue weighted by atomic mass is 10.00. The first-order valence-corrected chi connectivity index (χ1v) is 5.84. The van der Waals surface area contributed by atoms with Gasteiger partial charge in [-0.2, -0.15) is 0 Å². The Labute approximate surface area is 91.6 Å². The minimum Gasteiger partial charge on any atom is -0.396 e. The number of nitrogens with zero attached hydrogens (tertiary/aromatic N) is 1. The summed E-state index contributed by atoms with van der Waals surface area (Å²) in [6.07, 6.45) is 4.48. The average molecular weight is 214 g/mol. The first kappa shape index (κ1) is 12.5. The molecule has 0 bridgehead atoms. The van der Waals surface area contributed by atoms with Gasteiger partial charge in [0.1, 0.15) is 0 Å². The Hall–Kier alpha value is -0.610. The molecule has 2 N–H and O–H groups in total. The van der Waals surface area contributed by atoms with Crippen LogP contribution >= 0.6 is 0 Å². The Kier molecular flexibility index (Phi) is 5.05. The molecule has 0 aromatic rings. The predicted octanol–water partition coefficient (Wildman–Crippen LogP) is 1.05. The van der Waals surface area contributed by atoms with Gasteiger partial charge in [-0.1, -0.05) is 6.42 Å². The predicted molar refractivity (Wildman–Crippen MR) is 59.1 cm³/mol. The van der Waals surface area contributed by atoms with E-state index < -0.39 is 0 Å². The van der Waals surface area contributed by atoms with E-state index in [1.54, 1.807) is 0 Å². The first-order chi connectivity index (χ1) is 7.15. The Morgan fingerprint density at radius 2 is 2.00 bits per heavy atom. The van der Waals surface area contributed by atoms with Crippen LogP contribution in [0.3, 0.4) is 0 Å². The summed E-state index contributed by atoms with van der Waals surface area (Å²) in [5.41, 5.74) is 2.94. The molecule has 1 heterocycles. The SMILES string of the molecule is CC1CCCC(C)N1NC(=O)CCCO. The van der Waals surface area contributed by atoms with Crippen LogP contribution in [0.1, 0.15) is 46.0 Å². The van der Waals surface area contributed by atoms with Crippen LogP contribution < -0.4 is 5.43 Å². The van der Waals surface area contributed by atoms with Crippen LogP contribution in [-0.4, -0.2) is 34.7 Å². The van der Waals surface area contributed by atoms with Crippen molar-refractivity contribution in [3.63, 3.8) is 0 Å². The Morgan fingerprint density at radius 3 is 2.53 bits per heavy atom. The maximum atomic E-state index is 11.5. The summed E-state index contributed by atoms with van der Waals surface area (Å²) in [4.78, 5) is 11.5. The number of carbonyl (C=O) groups is 1. The third kappa shape index (κ3) is 3.80. The minimum absolute atomic E-state index is 0.0182. The van der Waals surface area contributed by atoms with Crippen molar-refractivity contribution in [2.24, 2.45) is 0 Å². The second-order valence-corrected chi connectivity index (χ2v) is 4.40. The molecule has 0 aromatic heterocycles. The molecule has 1 rings (SSSR count). The summed E-state index contributed by atoms with van der Waals surface area (Å²) in [5.74, 6) is 0.0182. The zero-order valence-electron chi connectivity index (χ0n) is 9.70. The molecule has 4 heteroatoms. The molecule has 1 saturated heterocycles. The number of hydrazine groups is 1. The van der Waals surface area contributed by atoms with E-state index in [4.69, 9.17) is 5.11 Å². The van der Waals surface area contributed by atoms with Crippen LogP contribution in [0, 0.1) is 0 Å². The number of piperidine rings is 1. The lowest BCUT2D eigenvalue weighted by Crippen LogP contribution is -2.54. The maximum absolute atomic E-state index is 11.5. The molecule has 0 radical (unpaired) electrons. The van der Waals surface area contributed by atoms with Crippen molar-refractivity contribution in [2.75, 3.05) is 6.61 Å². The van der Waals surface area contributed by atoms with Crippen molar-refractivity contribution in [3.05, 3.63) is 0 Å². The van der Waals surface area contributed by atoms with Crippen LogP contribution in [0.5, 0.6) is 0 Å². The summed E-state index contributed by atoms with van der Waals surface area (Å²) >= 11 is 0. The van der Waals surface area contributed by atoms with E-state index in [-0.39, 0.29) is 12.5 Å². The molecule has 0 aliphatic carbocycles. The number of rotatable bonds is 4. The fourth-order valence-corrected chi connectivity index (χ4v) is 2.08. The van der Waals surface area contributed by atoms with E-state index in [0.29, 0.717) is 24.9 Å². The van der Waals surface area contributed by atoms with Gasteiger partial charge in [-0.05, 0) is 33.1 Å². The van der Waals surface area contributed by atoms with Gasteiger partial charge in [0, 0.05) is 25.1 Å². The zero-order valence-corrected chi connectivity index (χ0v) is 9.70. The first-order valence-electron chi connectivity index (χ1n) is 5.84. The fraction of sp³-hybridized carbons (Fsp3) is 0.909. The lowest BCUT2D eigenvalue weighted by Gasteiger charge is -2.38. The highest BCUT2D eigenvalue weighted by Crippen LogP contribution is 2.20. The van der Waals surface area contributed by atoms with Gasteiger partial charge in [-0.25, -0.2) is 5.01 Å². The molecule has 0 aromatic carbocycles. The fourth-order valence-electron chi connectivity index (χ4n) is 2.08. The lowest BCUT2D eigenvalue weighted by molar-refractivity contribution is -0.129. The Bertz CT molecular complexity index is 199. The molecule has 1 aliphatic heterocycles. The molecule has 2 unspecified atom stereocenters. The molecule has 1 aliphatic rings. The van der Waals surface area contributed by atoms with Crippen LogP contribution in [0.2, 0.25) is 0 Å². The number of aliphatic hydroxyl groups excluding tert-OH is 1. The van der Waals surface area contributed by atoms with E-state index in [9.17, 15) is 4.79 Å². The largest absolute Gasteiger partial charge is 0.396 e. The van der Waals surface area contributed by atoms with Gasteiger partial charge < -0.3 is 5.11 Å². The summed E-state index contributed by atoms with van der Waals surface area (Å²) in [7, 11) is 0. The minimum atomic E-state index is 0.0182. The van der Waals surface area contributed by atoms with Gasteiger partial charge >= 0.3 is 0 Å². The second kappa shape index (κ2) is 6.08. The number of carbonyl (C=O) groups excluding carboxylic acids is 1. The number of nitrogens with one attached hydrogen (secondary N) is 1. The highest BCUT2D eigenvalue weighted by atomic mass is 16.3. The van der Waals surface area contributed by atoms with E-state index in [1.165, 1.54) is 6.42 Å².